The van der Waals surface area contributed by atoms with Crippen molar-refractivity contribution in [3.63, 3.8) is 0 Å². The number of rotatable bonds is 3. The van der Waals surface area contributed by atoms with Crippen LogP contribution in [0.1, 0.15) is 39.5 Å². The van der Waals surface area contributed by atoms with E-state index in [2.05, 4.69) is 24.1 Å². The lowest BCUT2D eigenvalue weighted by Gasteiger charge is -2.30. The number of nitrogens with zero attached hydrogens (tertiary/aromatic N) is 1. The van der Waals surface area contributed by atoms with E-state index in [4.69, 9.17) is 0 Å². The quantitative estimate of drug-likeness (QED) is 0.767. The molecule has 15 heavy (non-hydrogen) atoms. The van der Waals surface area contributed by atoms with E-state index >= 15 is 0 Å². The molecule has 2 aliphatic rings. The molecular formula is C12H22N2O. The average molecular weight is 210 g/mol. The SMILES string of the molecule is CC(C)CN1C(=O)CNC1C1CCCC1. The molecule has 3 nitrogen and oxygen atoms in total. The molecule has 0 spiro atoms. The molecule has 1 saturated carbocycles. The van der Waals surface area contributed by atoms with Crippen molar-refractivity contribution < 1.29 is 4.79 Å². The largest absolute Gasteiger partial charge is 0.326 e. The van der Waals surface area contributed by atoms with Crippen LogP contribution in [-0.4, -0.2) is 30.1 Å². The summed E-state index contributed by atoms with van der Waals surface area (Å²) in [5, 5.41) is 3.38. The Kier molecular flexibility index (Phi) is 3.29. The minimum Gasteiger partial charge on any atom is -0.326 e. The smallest absolute Gasteiger partial charge is 0.237 e. The van der Waals surface area contributed by atoms with Gasteiger partial charge in [-0.1, -0.05) is 26.7 Å². The molecule has 2 rings (SSSR count). The van der Waals surface area contributed by atoms with Crippen LogP contribution in [0.3, 0.4) is 0 Å². The van der Waals surface area contributed by atoms with E-state index in [0.29, 0.717) is 30.5 Å². The summed E-state index contributed by atoms with van der Waals surface area (Å²) in [6.45, 7) is 5.81. The van der Waals surface area contributed by atoms with E-state index in [1.807, 2.05) is 0 Å². The molecular weight excluding hydrogens is 188 g/mol. The van der Waals surface area contributed by atoms with Crippen molar-refractivity contribution in [2.24, 2.45) is 11.8 Å². The Bertz CT molecular complexity index is 234. The fourth-order valence-electron chi connectivity index (χ4n) is 2.86. The monoisotopic (exact) mass is 210 g/mol. The van der Waals surface area contributed by atoms with Crippen molar-refractivity contribution in [1.29, 1.82) is 0 Å². The first-order chi connectivity index (χ1) is 7.18. The van der Waals surface area contributed by atoms with Gasteiger partial charge in [-0.2, -0.15) is 0 Å². The summed E-state index contributed by atoms with van der Waals surface area (Å²) in [5.41, 5.74) is 0. The zero-order chi connectivity index (χ0) is 10.8. The predicted molar refractivity (Wildman–Crippen MR) is 60.3 cm³/mol. The molecule has 1 saturated heterocycles. The highest BCUT2D eigenvalue weighted by Crippen LogP contribution is 2.31. The molecule has 1 aliphatic carbocycles. The van der Waals surface area contributed by atoms with Gasteiger partial charge in [-0.3, -0.25) is 10.1 Å². The van der Waals surface area contributed by atoms with Crippen LogP contribution in [0.25, 0.3) is 0 Å². The first-order valence-corrected chi connectivity index (χ1v) is 6.21. The van der Waals surface area contributed by atoms with Crippen LogP contribution in [-0.2, 0) is 4.79 Å². The second kappa shape index (κ2) is 4.52. The molecule has 1 heterocycles. The van der Waals surface area contributed by atoms with Gasteiger partial charge in [0, 0.05) is 6.54 Å². The number of hydrogen-bond acceptors (Lipinski definition) is 2. The lowest BCUT2D eigenvalue weighted by atomic mass is 10.0. The van der Waals surface area contributed by atoms with Crippen LogP contribution in [0.15, 0.2) is 0 Å². The third-order valence-electron chi connectivity index (χ3n) is 3.53. The summed E-state index contributed by atoms with van der Waals surface area (Å²) in [6, 6.07) is 0. The average Bonchev–Trinajstić information content (AvgIpc) is 2.76. The highest BCUT2D eigenvalue weighted by molar-refractivity contribution is 5.80. The van der Waals surface area contributed by atoms with Crippen molar-refractivity contribution in [2.45, 2.75) is 45.7 Å². The van der Waals surface area contributed by atoms with Crippen LogP contribution < -0.4 is 5.32 Å². The summed E-state index contributed by atoms with van der Waals surface area (Å²) in [5.74, 6) is 1.56. The molecule has 0 aromatic rings. The molecule has 0 radical (unpaired) electrons. The van der Waals surface area contributed by atoms with Gasteiger partial charge in [-0.05, 0) is 24.7 Å². The normalized spacial score (nSPS) is 28.3. The van der Waals surface area contributed by atoms with Gasteiger partial charge >= 0.3 is 0 Å². The Labute approximate surface area is 92.2 Å². The number of carbonyl (C=O) groups is 1. The molecule has 1 aliphatic heterocycles. The molecule has 1 N–H and O–H groups in total. The second-order valence-corrected chi connectivity index (χ2v) is 5.31. The second-order valence-electron chi connectivity index (χ2n) is 5.31. The Morgan fingerprint density at radius 1 is 1.40 bits per heavy atom. The first kappa shape index (κ1) is 10.9. The zero-order valence-corrected chi connectivity index (χ0v) is 9.83. The summed E-state index contributed by atoms with van der Waals surface area (Å²) in [6.07, 6.45) is 5.60. The topological polar surface area (TPSA) is 32.3 Å². The number of amides is 1. The maximum absolute atomic E-state index is 11.7. The molecule has 3 heteroatoms. The molecule has 0 aromatic heterocycles. The van der Waals surface area contributed by atoms with Gasteiger partial charge in [-0.25, -0.2) is 0 Å². The van der Waals surface area contributed by atoms with E-state index in [1.165, 1.54) is 25.7 Å². The lowest BCUT2D eigenvalue weighted by molar-refractivity contribution is -0.129. The van der Waals surface area contributed by atoms with Crippen molar-refractivity contribution in [3.8, 4) is 0 Å². The van der Waals surface area contributed by atoms with E-state index in [9.17, 15) is 4.79 Å². The van der Waals surface area contributed by atoms with Crippen LogP contribution in [0.2, 0.25) is 0 Å². The van der Waals surface area contributed by atoms with Gasteiger partial charge in [0.2, 0.25) is 5.91 Å². The van der Waals surface area contributed by atoms with Crippen molar-refractivity contribution in [2.75, 3.05) is 13.1 Å². The third-order valence-corrected chi connectivity index (χ3v) is 3.53. The molecule has 1 amide bonds. The minimum atomic E-state index is 0.292. The maximum atomic E-state index is 11.7. The van der Waals surface area contributed by atoms with Crippen LogP contribution >= 0.6 is 0 Å². The van der Waals surface area contributed by atoms with Gasteiger partial charge < -0.3 is 4.90 Å². The molecule has 1 unspecified atom stereocenters. The zero-order valence-electron chi connectivity index (χ0n) is 9.83. The lowest BCUT2D eigenvalue weighted by Crippen LogP contribution is -2.44. The van der Waals surface area contributed by atoms with E-state index in [-0.39, 0.29) is 0 Å². The standard InChI is InChI=1S/C12H22N2O/c1-9(2)8-14-11(15)7-13-12(14)10-5-3-4-6-10/h9-10,12-13H,3-8H2,1-2H3. The highest BCUT2D eigenvalue weighted by atomic mass is 16.2. The van der Waals surface area contributed by atoms with Gasteiger partial charge in [-0.15, -0.1) is 0 Å². The van der Waals surface area contributed by atoms with E-state index in [1.54, 1.807) is 0 Å². The van der Waals surface area contributed by atoms with Crippen LogP contribution in [0.4, 0.5) is 0 Å². The minimum absolute atomic E-state index is 0.292. The maximum Gasteiger partial charge on any atom is 0.237 e. The molecule has 2 fully saturated rings. The van der Waals surface area contributed by atoms with Gasteiger partial charge in [0.05, 0.1) is 12.7 Å². The Hall–Kier alpha value is -0.570. The van der Waals surface area contributed by atoms with E-state index < -0.39 is 0 Å². The Morgan fingerprint density at radius 2 is 2.07 bits per heavy atom. The summed E-state index contributed by atoms with van der Waals surface area (Å²) in [7, 11) is 0. The Morgan fingerprint density at radius 3 is 2.67 bits per heavy atom. The van der Waals surface area contributed by atoms with Gasteiger partial charge in [0.1, 0.15) is 0 Å². The summed E-state index contributed by atoms with van der Waals surface area (Å²) < 4.78 is 0. The van der Waals surface area contributed by atoms with Crippen LogP contribution in [0.5, 0.6) is 0 Å². The number of hydrogen-bond donors (Lipinski definition) is 1. The van der Waals surface area contributed by atoms with Crippen LogP contribution in [0, 0.1) is 11.8 Å². The summed E-state index contributed by atoms with van der Waals surface area (Å²) in [4.78, 5) is 13.8. The highest BCUT2D eigenvalue weighted by Gasteiger charge is 2.37. The third kappa shape index (κ3) is 2.33. The van der Waals surface area contributed by atoms with Gasteiger partial charge in [0.25, 0.3) is 0 Å². The first-order valence-electron chi connectivity index (χ1n) is 6.21. The Balaban J connectivity index is 1.99. The molecule has 0 bridgehead atoms. The fraction of sp³-hybridized carbons (Fsp3) is 0.917. The van der Waals surface area contributed by atoms with E-state index in [0.717, 1.165) is 6.54 Å². The molecule has 1 atom stereocenters. The predicted octanol–water partition coefficient (Wildman–Crippen LogP) is 1.59. The van der Waals surface area contributed by atoms with Crippen molar-refractivity contribution in [3.05, 3.63) is 0 Å². The number of nitrogens with one attached hydrogen (secondary N) is 1. The fourth-order valence-corrected chi connectivity index (χ4v) is 2.86. The number of carbonyl (C=O) groups excluding carboxylic acids is 1. The van der Waals surface area contributed by atoms with Crippen molar-refractivity contribution in [1.82, 2.24) is 10.2 Å². The van der Waals surface area contributed by atoms with Gasteiger partial charge in [0.15, 0.2) is 0 Å². The summed E-state index contributed by atoms with van der Waals surface area (Å²) >= 11 is 0. The molecule has 0 aromatic carbocycles. The molecule has 86 valence electrons. The van der Waals surface area contributed by atoms with Crippen molar-refractivity contribution >= 4 is 5.91 Å².